The number of nitrogens with zero attached hydrogens (tertiary/aromatic N) is 3. The zero-order valence-electron chi connectivity index (χ0n) is 10.1. The van der Waals surface area contributed by atoms with Gasteiger partial charge in [-0.15, -0.1) is 0 Å². The second-order valence-corrected chi connectivity index (χ2v) is 5.15. The van der Waals surface area contributed by atoms with Crippen LogP contribution in [0.4, 0.5) is 0 Å². The maximum atomic E-state index is 12.5. The summed E-state index contributed by atoms with van der Waals surface area (Å²) in [7, 11) is 1.87. The summed E-state index contributed by atoms with van der Waals surface area (Å²) < 4.78 is 1.80. The van der Waals surface area contributed by atoms with Crippen molar-refractivity contribution in [3.8, 4) is 0 Å². The summed E-state index contributed by atoms with van der Waals surface area (Å²) in [5.41, 5.74) is 1.99. The Labute approximate surface area is 101 Å². The van der Waals surface area contributed by atoms with Gasteiger partial charge in [0, 0.05) is 19.1 Å². The van der Waals surface area contributed by atoms with E-state index in [0.717, 1.165) is 25.7 Å². The van der Waals surface area contributed by atoms with Gasteiger partial charge in [0.2, 0.25) is 0 Å². The highest BCUT2D eigenvalue weighted by atomic mass is 16.2. The fourth-order valence-corrected chi connectivity index (χ4v) is 3.14. The molecule has 2 aliphatic heterocycles. The first-order valence-electron chi connectivity index (χ1n) is 6.12. The normalized spacial score (nSPS) is 27.6. The first-order chi connectivity index (χ1) is 8.16. The quantitative estimate of drug-likeness (QED) is 0.690. The Bertz CT molecular complexity index is 461. The van der Waals surface area contributed by atoms with E-state index in [9.17, 15) is 4.79 Å². The van der Waals surface area contributed by atoms with Crippen molar-refractivity contribution in [3.63, 3.8) is 0 Å². The Morgan fingerprint density at radius 3 is 2.59 bits per heavy atom. The number of hydrogen-bond donors (Lipinski definition) is 0. The summed E-state index contributed by atoms with van der Waals surface area (Å²) in [5.74, 6) is 0.130. The maximum Gasteiger partial charge on any atom is 0.272 e. The Kier molecular flexibility index (Phi) is 2.31. The molecule has 0 saturated carbocycles. The molecule has 2 fully saturated rings. The largest absolute Gasteiger partial charge is 0.331 e. The highest BCUT2D eigenvalue weighted by Crippen LogP contribution is 2.38. The number of piperidine rings is 1. The third-order valence-corrected chi connectivity index (χ3v) is 3.94. The Morgan fingerprint density at radius 1 is 1.41 bits per heavy atom. The van der Waals surface area contributed by atoms with Crippen molar-refractivity contribution in [2.45, 2.75) is 37.8 Å². The lowest BCUT2D eigenvalue weighted by Gasteiger charge is -2.35. The van der Waals surface area contributed by atoms with Gasteiger partial charge in [-0.1, -0.05) is 12.2 Å². The van der Waals surface area contributed by atoms with E-state index in [1.54, 1.807) is 17.1 Å². The first-order valence-corrected chi connectivity index (χ1v) is 6.12. The van der Waals surface area contributed by atoms with Gasteiger partial charge in [-0.25, -0.2) is 4.98 Å². The number of amides is 1. The van der Waals surface area contributed by atoms with Gasteiger partial charge in [0.05, 0.1) is 12.5 Å². The van der Waals surface area contributed by atoms with Gasteiger partial charge in [-0.3, -0.25) is 4.79 Å². The average Bonchev–Trinajstić information content (AvgIpc) is 2.81. The maximum absolute atomic E-state index is 12.5. The number of rotatable bonds is 1. The predicted octanol–water partition coefficient (Wildman–Crippen LogP) is 1.74. The highest BCUT2D eigenvalue weighted by molar-refractivity contribution is 5.93. The molecule has 0 aliphatic carbocycles. The van der Waals surface area contributed by atoms with E-state index in [2.05, 4.69) is 16.5 Å². The highest BCUT2D eigenvalue weighted by Gasteiger charge is 2.41. The predicted molar refractivity (Wildman–Crippen MR) is 64.6 cm³/mol. The fourth-order valence-electron chi connectivity index (χ4n) is 3.14. The second-order valence-electron chi connectivity index (χ2n) is 5.15. The first kappa shape index (κ1) is 10.6. The van der Waals surface area contributed by atoms with Gasteiger partial charge in [0.25, 0.3) is 5.91 Å². The van der Waals surface area contributed by atoms with Gasteiger partial charge in [0.1, 0.15) is 5.69 Å². The lowest BCUT2D eigenvalue weighted by Crippen LogP contribution is -2.45. The van der Waals surface area contributed by atoms with Gasteiger partial charge >= 0.3 is 0 Å². The third-order valence-electron chi connectivity index (χ3n) is 3.94. The van der Waals surface area contributed by atoms with E-state index in [1.165, 1.54) is 5.57 Å². The van der Waals surface area contributed by atoms with E-state index in [4.69, 9.17) is 0 Å². The molecule has 90 valence electrons. The van der Waals surface area contributed by atoms with Crippen LogP contribution in [-0.2, 0) is 7.05 Å². The molecule has 2 bridgehead atoms. The topological polar surface area (TPSA) is 38.1 Å². The van der Waals surface area contributed by atoms with Crippen molar-refractivity contribution in [2.24, 2.45) is 7.05 Å². The Morgan fingerprint density at radius 2 is 2.06 bits per heavy atom. The van der Waals surface area contributed by atoms with Crippen molar-refractivity contribution >= 4 is 5.91 Å². The van der Waals surface area contributed by atoms with E-state index in [0.29, 0.717) is 17.8 Å². The summed E-state index contributed by atoms with van der Waals surface area (Å²) in [6.45, 7) is 4.07. The van der Waals surface area contributed by atoms with E-state index >= 15 is 0 Å². The van der Waals surface area contributed by atoms with Crippen LogP contribution in [-0.4, -0.2) is 32.4 Å². The molecular formula is C13H17N3O. The van der Waals surface area contributed by atoms with Crippen LogP contribution < -0.4 is 0 Å². The molecule has 2 atom stereocenters. The molecule has 4 nitrogen and oxygen atoms in total. The van der Waals surface area contributed by atoms with Crippen molar-refractivity contribution in [3.05, 3.63) is 30.4 Å². The molecule has 0 N–H and O–H groups in total. The van der Waals surface area contributed by atoms with Gasteiger partial charge in [0.15, 0.2) is 0 Å². The standard InChI is InChI=1S/C13H17N3O/c1-9-5-10-3-4-11(6-9)16(10)13(17)12-7-14-8-15(12)2/h7-8,10-11H,1,3-6H2,2H3. The number of imidazole rings is 1. The van der Waals surface area contributed by atoms with Crippen LogP contribution in [0, 0.1) is 0 Å². The van der Waals surface area contributed by atoms with Crippen molar-refractivity contribution in [1.82, 2.24) is 14.5 Å². The van der Waals surface area contributed by atoms with E-state index in [1.807, 2.05) is 7.05 Å². The van der Waals surface area contributed by atoms with Crippen LogP contribution in [0.5, 0.6) is 0 Å². The monoisotopic (exact) mass is 231 g/mol. The molecule has 2 unspecified atom stereocenters. The molecule has 17 heavy (non-hydrogen) atoms. The van der Waals surface area contributed by atoms with Gasteiger partial charge in [-0.2, -0.15) is 0 Å². The summed E-state index contributed by atoms with van der Waals surface area (Å²) in [5, 5.41) is 0. The number of carbonyl (C=O) groups is 1. The molecule has 0 radical (unpaired) electrons. The van der Waals surface area contributed by atoms with Crippen LogP contribution in [0.1, 0.15) is 36.2 Å². The van der Waals surface area contributed by atoms with Crippen LogP contribution in [0.3, 0.4) is 0 Å². The minimum absolute atomic E-state index is 0.130. The SMILES string of the molecule is C=C1CC2CCC(C1)N2C(=O)c1cncn1C. The molecule has 2 aliphatic rings. The van der Waals surface area contributed by atoms with E-state index < -0.39 is 0 Å². The Balaban J connectivity index is 1.89. The lowest BCUT2D eigenvalue weighted by molar-refractivity contribution is 0.0625. The molecule has 4 heteroatoms. The summed E-state index contributed by atoms with van der Waals surface area (Å²) >= 11 is 0. The molecular weight excluding hydrogens is 214 g/mol. The molecule has 3 rings (SSSR count). The number of fused-ring (bicyclic) bond motifs is 2. The van der Waals surface area contributed by atoms with Crippen LogP contribution in [0.25, 0.3) is 0 Å². The zero-order chi connectivity index (χ0) is 12.0. The van der Waals surface area contributed by atoms with Crippen LogP contribution in [0.2, 0.25) is 0 Å². The summed E-state index contributed by atoms with van der Waals surface area (Å²) in [6, 6.07) is 0.729. The van der Waals surface area contributed by atoms with E-state index in [-0.39, 0.29) is 5.91 Å². The molecule has 2 saturated heterocycles. The fraction of sp³-hybridized carbons (Fsp3) is 0.538. The second kappa shape index (κ2) is 3.72. The van der Waals surface area contributed by atoms with Gasteiger partial charge in [-0.05, 0) is 25.7 Å². The average molecular weight is 231 g/mol. The van der Waals surface area contributed by atoms with Gasteiger partial charge < -0.3 is 9.47 Å². The molecule has 3 heterocycles. The van der Waals surface area contributed by atoms with Crippen molar-refractivity contribution in [1.29, 1.82) is 0 Å². The van der Waals surface area contributed by atoms with Crippen molar-refractivity contribution in [2.75, 3.05) is 0 Å². The molecule has 1 aromatic heterocycles. The summed E-state index contributed by atoms with van der Waals surface area (Å²) in [4.78, 5) is 18.6. The molecule has 1 aromatic rings. The molecule has 1 amide bonds. The van der Waals surface area contributed by atoms with Crippen LogP contribution in [0.15, 0.2) is 24.7 Å². The minimum Gasteiger partial charge on any atom is -0.331 e. The number of aryl methyl sites for hydroxylation is 1. The molecule has 0 aromatic carbocycles. The Hall–Kier alpha value is -1.58. The number of aromatic nitrogens is 2. The van der Waals surface area contributed by atoms with Crippen molar-refractivity contribution < 1.29 is 4.79 Å². The number of carbonyl (C=O) groups excluding carboxylic acids is 1. The smallest absolute Gasteiger partial charge is 0.272 e. The lowest BCUT2D eigenvalue weighted by atomic mass is 9.98. The summed E-state index contributed by atoms with van der Waals surface area (Å²) in [6.07, 6.45) is 7.52. The van der Waals surface area contributed by atoms with Crippen LogP contribution >= 0.6 is 0 Å². The number of hydrogen-bond acceptors (Lipinski definition) is 2. The third kappa shape index (κ3) is 1.59. The minimum atomic E-state index is 0.130. The zero-order valence-corrected chi connectivity index (χ0v) is 10.1. The molecule has 0 spiro atoms.